The smallest absolute Gasteiger partial charge is 0.308 e. The molecular formula is C19H13ClN2O5. The van der Waals surface area contributed by atoms with Crippen molar-refractivity contribution in [2.24, 2.45) is 11.1 Å². The molecule has 7 nitrogen and oxygen atoms in total. The minimum atomic E-state index is -1.02. The molecule has 8 heteroatoms. The van der Waals surface area contributed by atoms with Crippen molar-refractivity contribution >= 4 is 40.8 Å². The number of nitrogens with zero attached hydrogens (tertiary/aromatic N) is 2. The number of hydrogen-bond donors (Lipinski definition) is 0. The minimum absolute atomic E-state index is 0.320. The van der Waals surface area contributed by atoms with Gasteiger partial charge in [-0.05, 0) is 30.3 Å². The number of anilines is 1. The van der Waals surface area contributed by atoms with E-state index in [1.165, 1.54) is 31.2 Å². The van der Waals surface area contributed by atoms with Crippen LogP contribution in [0.25, 0.3) is 0 Å². The summed E-state index contributed by atoms with van der Waals surface area (Å²) in [5.74, 6) is -1.94. The molecule has 0 aromatic heterocycles. The Morgan fingerprint density at radius 2 is 1.81 bits per heavy atom. The van der Waals surface area contributed by atoms with Crippen LogP contribution >= 0.6 is 11.6 Å². The maximum absolute atomic E-state index is 13.0. The molecule has 2 aromatic rings. The van der Waals surface area contributed by atoms with Crippen LogP contribution in [0.3, 0.4) is 0 Å². The van der Waals surface area contributed by atoms with Gasteiger partial charge >= 0.3 is 5.97 Å². The zero-order chi connectivity index (χ0) is 19.1. The van der Waals surface area contributed by atoms with Gasteiger partial charge in [-0.25, -0.2) is 4.90 Å². The molecule has 2 aromatic carbocycles. The lowest BCUT2D eigenvalue weighted by atomic mass is 9.94. The zero-order valence-electron chi connectivity index (χ0n) is 14.1. The number of imide groups is 1. The maximum Gasteiger partial charge on any atom is 0.308 e. The molecule has 1 fully saturated rings. The number of amides is 2. The molecule has 27 heavy (non-hydrogen) atoms. The number of oxime groups is 1. The van der Waals surface area contributed by atoms with Crippen molar-refractivity contribution in [2.45, 2.75) is 13.0 Å². The highest BCUT2D eigenvalue weighted by Gasteiger charge is 2.56. The molecule has 4 rings (SSSR count). The summed E-state index contributed by atoms with van der Waals surface area (Å²) in [6.07, 6.45) is -1.02. The second-order valence-corrected chi connectivity index (χ2v) is 6.47. The van der Waals surface area contributed by atoms with Crippen LogP contribution in [0.2, 0.25) is 5.02 Å². The Bertz CT molecular complexity index is 986. The van der Waals surface area contributed by atoms with Crippen molar-refractivity contribution in [3.05, 3.63) is 59.1 Å². The molecule has 0 radical (unpaired) electrons. The van der Waals surface area contributed by atoms with E-state index in [2.05, 4.69) is 5.16 Å². The van der Waals surface area contributed by atoms with E-state index in [1.807, 2.05) is 0 Å². The fraction of sp³-hybridized carbons (Fsp3) is 0.158. The number of carbonyl (C=O) groups excluding carboxylic acids is 3. The summed E-state index contributed by atoms with van der Waals surface area (Å²) in [4.78, 5) is 43.0. The number of ether oxygens (including phenoxy) is 1. The number of fused-ring (bicyclic) bond motifs is 1. The molecule has 0 N–H and O–H groups in total. The molecule has 2 amide bonds. The third-order valence-electron chi connectivity index (χ3n) is 4.32. The summed E-state index contributed by atoms with van der Waals surface area (Å²) in [5.41, 5.74) is 1.25. The number of esters is 1. The molecule has 2 heterocycles. The van der Waals surface area contributed by atoms with E-state index in [-0.39, 0.29) is 0 Å². The van der Waals surface area contributed by atoms with Gasteiger partial charge in [-0.2, -0.15) is 0 Å². The van der Waals surface area contributed by atoms with Crippen LogP contribution in [0.1, 0.15) is 12.5 Å². The number of benzene rings is 2. The Hall–Kier alpha value is -3.19. The molecule has 0 unspecified atom stereocenters. The third-order valence-corrected chi connectivity index (χ3v) is 4.65. The molecule has 1 saturated heterocycles. The third kappa shape index (κ3) is 2.86. The standard InChI is InChI=1S/C19H13ClN2O5/c1-10(23)26-12-8-6-11(7-9-12)22-18(24)15-16(21-27-17(15)19(22)25)13-4-2-3-5-14(13)20/h2-9,15,17H,1H3/t15-,17+/m0/s1. The molecule has 0 aliphatic carbocycles. The van der Waals surface area contributed by atoms with Crippen molar-refractivity contribution < 1.29 is 24.0 Å². The molecule has 0 spiro atoms. The van der Waals surface area contributed by atoms with E-state index in [1.54, 1.807) is 24.3 Å². The van der Waals surface area contributed by atoms with Crippen LogP contribution < -0.4 is 9.64 Å². The number of halogens is 1. The van der Waals surface area contributed by atoms with Crippen molar-refractivity contribution in [3.63, 3.8) is 0 Å². The van der Waals surface area contributed by atoms with Gasteiger partial charge in [-0.3, -0.25) is 14.4 Å². The highest BCUT2D eigenvalue weighted by molar-refractivity contribution is 6.38. The van der Waals surface area contributed by atoms with Crippen LogP contribution in [-0.2, 0) is 19.2 Å². The first kappa shape index (κ1) is 17.2. The predicted octanol–water partition coefficient (Wildman–Crippen LogP) is 2.56. The summed E-state index contributed by atoms with van der Waals surface area (Å²) in [6.45, 7) is 1.29. The summed E-state index contributed by atoms with van der Waals surface area (Å²) in [5, 5.41) is 4.35. The van der Waals surface area contributed by atoms with Crippen molar-refractivity contribution in [1.29, 1.82) is 0 Å². The topological polar surface area (TPSA) is 85.3 Å². The Labute approximate surface area is 159 Å². The fourth-order valence-corrected chi connectivity index (χ4v) is 3.39. The Kier molecular flexibility index (Phi) is 4.16. The molecule has 0 bridgehead atoms. The highest BCUT2D eigenvalue weighted by Crippen LogP contribution is 2.36. The molecule has 2 aliphatic heterocycles. The summed E-state index contributed by atoms with van der Waals surface area (Å²) in [7, 11) is 0. The fourth-order valence-electron chi connectivity index (χ4n) is 3.15. The van der Waals surface area contributed by atoms with Crippen LogP contribution in [0.15, 0.2) is 53.7 Å². The number of hydrogen-bond acceptors (Lipinski definition) is 6. The molecule has 0 saturated carbocycles. The highest BCUT2D eigenvalue weighted by atomic mass is 35.5. The summed E-state index contributed by atoms with van der Waals surface area (Å²) < 4.78 is 4.96. The molecule has 2 atom stereocenters. The normalized spacial score (nSPS) is 21.0. The number of carbonyl (C=O) groups is 3. The second kappa shape index (κ2) is 6.51. The zero-order valence-corrected chi connectivity index (χ0v) is 14.8. The molecule has 136 valence electrons. The minimum Gasteiger partial charge on any atom is -0.427 e. The van der Waals surface area contributed by atoms with Crippen LogP contribution in [0.4, 0.5) is 5.69 Å². The first-order chi connectivity index (χ1) is 13.0. The summed E-state index contributed by atoms with van der Waals surface area (Å²) in [6, 6.07) is 13.0. The van der Waals surface area contributed by atoms with Gasteiger partial charge in [0, 0.05) is 17.5 Å². The Morgan fingerprint density at radius 3 is 2.48 bits per heavy atom. The van der Waals surface area contributed by atoms with E-state index in [0.717, 1.165) is 4.90 Å². The van der Waals surface area contributed by atoms with Crippen LogP contribution in [0.5, 0.6) is 5.75 Å². The van der Waals surface area contributed by atoms with Gasteiger partial charge in [-0.15, -0.1) is 0 Å². The largest absolute Gasteiger partial charge is 0.427 e. The van der Waals surface area contributed by atoms with Gasteiger partial charge in [0.25, 0.3) is 5.91 Å². The van der Waals surface area contributed by atoms with Gasteiger partial charge in [-0.1, -0.05) is 35.0 Å². The van der Waals surface area contributed by atoms with Gasteiger partial charge in [0.05, 0.1) is 5.69 Å². The quantitative estimate of drug-likeness (QED) is 0.461. The lowest BCUT2D eigenvalue weighted by Gasteiger charge is -2.16. The predicted molar refractivity (Wildman–Crippen MR) is 96.6 cm³/mol. The van der Waals surface area contributed by atoms with Crippen LogP contribution in [0, 0.1) is 5.92 Å². The lowest BCUT2D eigenvalue weighted by Crippen LogP contribution is -2.33. The maximum atomic E-state index is 13.0. The SMILES string of the molecule is CC(=O)Oc1ccc(N2C(=O)[C@H]3C(c4ccccc4Cl)=NO[C@H]3C2=O)cc1. The van der Waals surface area contributed by atoms with E-state index in [0.29, 0.717) is 27.7 Å². The van der Waals surface area contributed by atoms with E-state index >= 15 is 0 Å². The Morgan fingerprint density at radius 1 is 1.11 bits per heavy atom. The van der Waals surface area contributed by atoms with Gasteiger partial charge in [0.1, 0.15) is 17.4 Å². The van der Waals surface area contributed by atoms with Gasteiger partial charge < -0.3 is 9.57 Å². The van der Waals surface area contributed by atoms with E-state index in [9.17, 15) is 14.4 Å². The Balaban J connectivity index is 1.64. The van der Waals surface area contributed by atoms with Crippen molar-refractivity contribution in [2.75, 3.05) is 4.90 Å². The monoisotopic (exact) mass is 384 g/mol. The van der Waals surface area contributed by atoms with E-state index < -0.39 is 29.8 Å². The van der Waals surface area contributed by atoms with Gasteiger partial charge in [0.15, 0.2) is 0 Å². The number of rotatable bonds is 3. The summed E-state index contributed by atoms with van der Waals surface area (Å²) >= 11 is 6.20. The molecule has 2 aliphatic rings. The lowest BCUT2D eigenvalue weighted by molar-refractivity contribution is -0.132. The van der Waals surface area contributed by atoms with E-state index in [4.69, 9.17) is 21.2 Å². The van der Waals surface area contributed by atoms with Crippen molar-refractivity contribution in [3.8, 4) is 5.75 Å². The average Bonchev–Trinajstić information content (AvgIpc) is 3.17. The van der Waals surface area contributed by atoms with Gasteiger partial charge in [0.2, 0.25) is 12.0 Å². The van der Waals surface area contributed by atoms with Crippen molar-refractivity contribution in [1.82, 2.24) is 0 Å². The average molecular weight is 385 g/mol. The first-order valence-corrected chi connectivity index (χ1v) is 8.50. The van der Waals surface area contributed by atoms with Crippen LogP contribution in [-0.4, -0.2) is 29.6 Å². The first-order valence-electron chi connectivity index (χ1n) is 8.12. The molecular weight excluding hydrogens is 372 g/mol. The second-order valence-electron chi connectivity index (χ2n) is 6.06.